The monoisotopic (exact) mass is 217 g/mol. The largest absolute Gasteiger partial charge is 0.305 e. The van der Waals surface area contributed by atoms with Crippen LogP contribution in [0, 0.1) is 5.82 Å². The van der Waals surface area contributed by atoms with Crippen LogP contribution in [0.15, 0.2) is 42.9 Å². The number of rotatable bonds is 2. The van der Waals surface area contributed by atoms with Crippen LogP contribution in [0.4, 0.5) is 10.2 Å². The lowest BCUT2D eigenvalue weighted by Crippen LogP contribution is -2.14. The molecule has 1 heterocycles. The number of benzene rings is 1. The molecule has 0 saturated heterocycles. The van der Waals surface area contributed by atoms with Gasteiger partial charge in [-0.25, -0.2) is 9.37 Å². The lowest BCUT2D eigenvalue weighted by Gasteiger charge is -2.03. The minimum atomic E-state index is -0.566. The maximum absolute atomic E-state index is 13.2. The molecule has 0 atom stereocenters. The van der Waals surface area contributed by atoms with Crippen LogP contribution in [-0.4, -0.2) is 15.9 Å². The molecule has 0 spiro atoms. The van der Waals surface area contributed by atoms with E-state index in [0.717, 1.165) is 0 Å². The molecule has 1 N–H and O–H groups in total. The van der Waals surface area contributed by atoms with Crippen LogP contribution < -0.4 is 5.32 Å². The molecule has 0 saturated carbocycles. The van der Waals surface area contributed by atoms with E-state index in [0.29, 0.717) is 0 Å². The van der Waals surface area contributed by atoms with Gasteiger partial charge in [0.15, 0.2) is 5.82 Å². The second kappa shape index (κ2) is 4.48. The quantitative estimate of drug-likeness (QED) is 0.835. The van der Waals surface area contributed by atoms with Crippen LogP contribution >= 0.6 is 0 Å². The van der Waals surface area contributed by atoms with E-state index in [9.17, 15) is 9.18 Å². The van der Waals surface area contributed by atoms with Crippen molar-refractivity contribution < 1.29 is 9.18 Å². The normalized spacial score (nSPS) is 9.81. The molecule has 0 fully saturated rings. The van der Waals surface area contributed by atoms with Crippen LogP contribution in [0.25, 0.3) is 0 Å². The molecule has 2 rings (SSSR count). The molecule has 80 valence electrons. The minimum absolute atomic E-state index is 0.0202. The molecule has 0 aliphatic carbocycles. The smallest absolute Gasteiger partial charge is 0.259 e. The van der Waals surface area contributed by atoms with Gasteiger partial charge in [-0.1, -0.05) is 12.1 Å². The van der Waals surface area contributed by atoms with E-state index in [1.54, 1.807) is 6.07 Å². The van der Waals surface area contributed by atoms with Crippen molar-refractivity contribution >= 4 is 11.7 Å². The summed E-state index contributed by atoms with van der Waals surface area (Å²) in [4.78, 5) is 19.3. The van der Waals surface area contributed by atoms with Gasteiger partial charge in [-0.2, -0.15) is 0 Å². The fourth-order valence-corrected chi connectivity index (χ4v) is 1.19. The molecule has 16 heavy (non-hydrogen) atoms. The van der Waals surface area contributed by atoms with Gasteiger partial charge in [0.1, 0.15) is 5.82 Å². The van der Waals surface area contributed by atoms with Crippen molar-refractivity contribution in [1.29, 1.82) is 0 Å². The maximum Gasteiger partial charge on any atom is 0.259 e. The Morgan fingerprint density at radius 1 is 1.25 bits per heavy atom. The van der Waals surface area contributed by atoms with Crippen LogP contribution in [0.1, 0.15) is 10.4 Å². The fraction of sp³-hybridized carbons (Fsp3) is 0. The molecule has 1 amide bonds. The third kappa shape index (κ3) is 2.20. The van der Waals surface area contributed by atoms with Crippen molar-refractivity contribution in [2.24, 2.45) is 0 Å². The summed E-state index contributed by atoms with van der Waals surface area (Å²) in [5.74, 6) is -0.821. The average molecular weight is 217 g/mol. The second-order valence-electron chi connectivity index (χ2n) is 3.02. The molecular weight excluding hydrogens is 209 g/mol. The Kier molecular flexibility index (Phi) is 2.86. The van der Waals surface area contributed by atoms with Crippen molar-refractivity contribution in [1.82, 2.24) is 9.97 Å². The summed E-state index contributed by atoms with van der Waals surface area (Å²) in [5.41, 5.74) is -0.0202. The number of hydrogen-bond acceptors (Lipinski definition) is 3. The van der Waals surface area contributed by atoms with Gasteiger partial charge in [0.2, 0.25) is 0 Å². The van der Waals surface area contributed by atoms with Crippen molar-refractivity contribution in [2.75, 3.05) is 5.32 Å². The van der Waals surface area contributed by atoms with E-state index in [2.05, 4.69) is 15.3 Å². The molecule has 0 unspecified atom stereocenters. The van der Waals surface area contributed by atoms with Gasteiger partial charge in [-0.15, -0.1) is 0 Å². The Morgan fingerprint density at radius 3 is 2.75 bits per heavy atom. The first kappa shape index (κ1) is 10.2. The highest BCUT2D eigenvalue weighted by atomic mass is 19.1. The van der Waals surface area contributed by atoms with Crippen LogP contribution in [0.5, 0.6) is 0 Å². The first-order valence-electron chi connectivity index (χ1n) is 4.59. The van der Waals surface area contributed by atoms with Gasteiger partial charge in [0, 0.05) is 12.4 Å². The van der Waals surface area contributed by atoms with Gasteiger partial charge >= 0.3 is 0 Å². The lowest BCUT2D eigenvalue weighted by atomic mass is 10.2. The van der Waals surface area contributed by atoms with Gasteiger partial charge in [0.25, 0.3) is 5.91 Å². The summed E-state index contributed by atoms with van der Waals surface area (Å²) >= 11 is 0. The zero-order valence-electron chi connectivity index (χ0n) is 8.22. The van der Waals surface area contributed by atoms with Gasteiger partial charge in [-0.3, -0.25) is 9.78 Å². The Bertz CT molecular complexity index is 502. The minimum Gasteiger partial charge on any atom is -0.305 e. The summed E-state index contributed by atoms with van der Waals surface area (Å²) in [6.45, 7) is 0. The Hall–Kier alpha value is -2.30. The van der Waals surface area contributed by atoms with Crippen LogP contribution in [0.3, 0.4) is 0 Å². The molecule has 1 aromatic carbocycles. The summed E-state index contributed by atoms with van der Waals surface area (Å²) in [6.07, 6.45) is 4.31. The number of carbonyl (C=O) groups is 1. The number of nitrogens with zero attached hydrogens (tertiary/aromatic N) is 2. The van der Waals surface area contributed by atoms with Crippen molar-refractivity contribution in [3.05, 3.63) is 54.2 Å². The molecular formula is C11H8FN3O. The molecule has 0 bridgehead atoms. The first-order chi connectivity index (χ1) is 7.77. The number of carbonyl (C=O) groups excluding carboxylic acids is 1. The third-order valence-electron chi connectivity index (χ3n) is 1.92. The third-order valence-corrected chi connectivity index (χ3v) is 1.92. The lowest BCUT2D eigenvalue weighted by molar-refractivity contribution is 0.102. The predicted octanol–water partition coefficient (Wildman–Crippen LogP) is 1.87. The Morgan fingerprint density at radius 2 is 2.06 bits per heavy atom. The number of halogens is 1. The number of amides is 1. The van der Waals surface area contributed by atoms with E-state index in [-0.39, 0.29) is 11.4 Å². The molecule has 0 aliphatic rings. The van der Waals surface area contributed by atoms with E-state index in [1.807, 2.05) is 0 Å². The molecule has 5 heteroatoms. The number of anilines is 1. The van der Waals surface area contributed by atoms with E-state index in [1.165, 1.54) is 36.8 Å². The number of hydrogen-bond donors (Lipinski definition) is 1. The predicted molar refractivity (Wildman–Crippen MR) is 56.4 cm³/mol. The second-order valence-corrected chi connectivity index (χ2v) is 3.02. The highest BCUT2D eigenvalue weighted by Crippen LogP contribution is 2.08. The molecule has 2 aromatic rings. The van der Waals surface area contributed by atoms with Crippen molar-refractivity contribution in [3.8, 4) is 0 Å². The van der Waals surface area contributed by atoms with Gasteiger partial charge in [-0.05, 0) is 12.1 Å². The zero-order valence-corrected chi connectivity index (χ0v) is 8.22. The van der Waals surface area contributed by atoms with Crippen molar-refractivity contribution in [3.63, 3.8) is 0 Å². The highest BCUT2D eigenvalue weighted by molar-refractivity contribution is 6.03. The van der Waals surface area contributed by atoms with Gasteiger partial charge < -0.3 is 5.32 Å². The zero-order chi connectivity index (χ0) is 11.4. The molecule has 1 aromatic heterocycles. The van der Waals surface area contributed by atoms with Crippen molar-refractivity contribution in [2.45, 2.75) is 0 Å². The number of nitrogens with one attached hydrogen (secondary N) is 1. The van der Waals surface area contributed by atoms with E-state index in [4.69, 9.17) is 0 Å². The molecule has 0 aliphatic heterocycles. The maximum atomic E-state index is 13.2. The first-order valence-corrected chi connectivity index (χ1v) is 4.59. The van der Waals surface area contributed by atoms with E-state index < -0.39 is 11.7 Å². The van der Waals surface area contributed by atoms with E-state index >= 15 is 0 Å². The number of aromatic nitrogens is 2. The molecule has 0 radical (unpaired) electrons. The Balaban J connectivity index is 2.19. The summed E-state index contributed by atoms with van der Waals surface area (Å²) in [6, 6.07) is 5.75. The van der Waals surface area contributed by atoms with Crippen LogP contribution in [0.2, 0.25) is 0 Å². The topological polar surface area (TPSA) is 54.9 Å². The molecule has 4 nitrogen and oxygen atoms in total. The SMILES string of the molecule is O=C(Nc1cnccn1)c1ccccc1F. The summed E-state index contributed by atoms with van der Waals surface area (Å²) in [7, 11) is 0. The average Bonchev–Trinajstić information content (AvgIpc) is 2.31. The highest BCUT2D eigenvalue weighted by Gasteiger charge is 2.10. The fourth-order valence-electron chi connectivity index (χ4n) is 1.19. The summed E-state index contributed by atoms with van der Waals surface area (Å²) in [5, 5.41) is 2.45. The van der Waals surface area contributed by atoms with Crippen LogP contribution in [-0.2, 0) is 0 Å². The standard InChI is InChI=1S/C11H8FN3O/c12-9-4-2-1-3-8(9)11(16)15-10-7-13-5-6-14-10/h1-7H,(H,14,15,16). The van der Waals surface area contributed by atoms with Gasteiger partial charge in [0.05, 0.1) is 11.8 Å². The Labute approximate surface area is 91.2 Å². The summed E-state index contributed by atoms with van der Waals surface area (Å²) < 4.78 is 13.2.